The van der Waals surface area contributed by atoms with Gasteiger partial charge in [0.2, 0.25) is 0 Å². The van der Waals surface area contributed by atoms with Crippen LogP contribution in [0.1, 0.15) is 12.5 Å². The number of nitriles is 1. The second kappa shape index (κ2) is 7.46. The van der Waals surface area contributed by atoms with Crippen LogP contribution >= 0.6 is 11.8 Å². The van der Waals surface area contributed by atoms with Crippen LogP contribution in [0.3, 0.4) is 0 Å². The van der Waals surface area contributed by atoms with E-state index in [9.17, 15) is 4.79 Å². The average Bonchev–Trinajstić information content (AvgIpc) is 2.98. The summed E-state index contributed by atoms with van der Waals surface area (Å²) in [6, 6.07) is 17.8. The van der Waals surface area contributed by atoms with Crippen molar-refractivity contribution in [2.24, 2.45) is 5.73 Å². The van der Waals surface area contributed by atoms with Gasteiger partial charge >= 0.3 is 0 Å². The van der Waals surface area contributed by atoms with Crippen molar-refractivity contribution >= 4 is 28.6 Å². The minimum Gasteiger partial charge on any atom is -0.401 e. The number of carbonyl (C=O) groups excluding carboxylic acids is 1. The number of thioether (sulfide) groups is 1. The van der Waals surface area contributed by atoms with Crippen LogP contribution in [-0.4, -0.2) is 21.1 Å². The van der Waals surface area contributed by atoms with Gasteiger partial charge in [-0.3, -0.25) is 9.36 Å². The fourth-order valence-electron chi connectivity index (χ4n) is 2.69. The van der Waals surface area contributed by atoms with Crippen molar-refractivity contribution < 1.29 is 4.79 Å². The van der Waals surface area contributed by atoms with E-state index in [1.165, 1.54) is 11.8 Å². The Morgan fingerprint density at radius 3 is 2.73 bits per heavy atom. The van der Waals surface area contributed by atoms with Crippen molar-refractivity contribution in [2.45, 2.75) is 19.0 Å². The molecule has 5 nitrogen and oxygen atoms in total. The van der Waals surface area contributed by atoms with E-state index in [1.54, 1.807) is 6.92 Å². The van der Waals surface area contributed by atoms with Gasteiger partial charge in [0, 0.05) is 11.4 Å². The zero-order valence-electron chi connectivity index (χ0n) is 14.6. The molecule has 1 aromatic heterocycles. The van der Waals surface area contributed by atoms with E-state index < -0.39 is 0 Å². The van der Waals surface area contributed by atoms with Crippen LogP contribution in [0.5, 0.6) is 0 Å². The van der Waals surface area contributed by atoms with Gasteiger partial charge < -0.3 is 5.73 Å². The minimum absolute atomic E-state index is 0.00992. The molecule has 26 heavy (non-hydrogen) atoms. The number of carbonyl (C=O) groups is 1. The van der Waals surface area contributed by atoms with Gasteiger partial charge in [0.15, 0.2) is 10.9 Å². The summed E-state index contributed by atoms with van der Waals surface area (Å²) in [6.45, 7) is 3.59. The van der Waals surface area contributed by atoms with Crippen LogP contribution in [0.15, 0.2) is 65.0 Å². The fraction of sp³-hybridized carbons (Fsp3) is 0.150. The average molecular weight is 362 g/mol. The Hall–Kier alpha value is -3.04. The smallest absolute Gasteiger partial charge is 0.185 e. The van der Waals surface area contributed by atoms with E-state index in [0.29, 0.717) is 5.16 Å². The van der Waals surface area contributed by atoms with Crippen molar-refractivity contribution in [1.29, 1.82) is 5.26 Å². The molecule has 0 unspecified atom stereocenters. The zero-order valence-corrected chi connectivity index (χ0v) is 15.4. The molecule has 0 aliphatic carbocycles. The van der Waals surface area contributed by atoms with E-state index in [-0.39, 0.29) is 22.8 Å². The quantitative estimate of drug-likeness (QED) is 0.424. The summed E-state index contributed by atoms with van der Waals surface area (Å²) in [7, 11) is 0. The predicted molar refractivity (Wildman–Crippen MR) is 104 cm³/mol. The lowest BCUT2D eigenvalue weighted by atomic mass is 10.2. The SMILES string of the molecule is C/C(N)=C(\C#N)C(=O)CSc1nc2ccccc2n1-c1cccc(C)c1. The molecule has 0 saturated heterocycles. The zero-order chi connectivity index (χ0) is 18.7. The number of benzene rings is 2. The molecule has 6 heteroatoms. The highest BCUT2D eigenvalue weighted by Gasteiger charge is 2.17. The molecule has 3 rings (SSSR count). The monoisotopic (exact) mass is 362 g/mol. The maximum absolute atomic E-state index is 12.3. The lowest BCUT2D eigenvalue weighted by molar-refractivity contribution is -0.112. The molecule has 0 bridgehead atoms. The molecule has 0 amide bonds. The molecular formula is C20H18N4OS. The molecule has 0 aliphatic heterocycles. The summed E-state index contributed by atoms with van der Waals surface area (Å²) in [5, 5.41) is 9.81. The van der Waals surface area contributed by atoms with Crippen molar-refractivity contribution in [1.82, 2.24) is 9.55 Å². The highest BCUT2D eigenvalue weighted by molar-refractivity contribution is 7.99. The fourth-order valence-corrected chi connectivity index (χ4v) is 3.59. The Balaban J connectivity index is 2.01. The first-order chi connectivity index (χ1) is 12.5. The van der Waals surface area contributed by atoms with Gasteiger partial charge in [0.25, 0.3) is 0 Å². The molecule has 130 valence electrons. The van der Waals surface area contributed by atoms with Gasteiger partial charge in [-0.05, 0) is 43.7 Å². The van der Waals surface area contributed by atoms with E-state index in [1.807, 2.05) is 60.0 Å². The van der Waals surface area contributed by atoms with Crippen LogP contribution in [0.25, 0.3) is 16.7 Å². The Morgan fingerprint density at radius 2 is 2.04 bits per heavy atom. The third kappa shape index (κ3) is 3.48. The summed E-state index contributed by atoms with van der Waals surface area (Å²) in [5.41, 5.74) is 9.83. The number of Topliss-reactive ketones (excluding diaryl/α,β-unsaturated/α-hetero) is 1. The topological polar surface area (TPSA) is 84.7 Å². The van der Waals surface area contributed by atoms with Gasteiger partial charge in [-0.2, -0.15) is 5.26 Å². The van der Waals surface area contributed by atoms with E-state index in [2.05, 4.69) is 11.1 Å². The molecule has 0 fully saturated rings. The van der Waals surface area contributed by atoms with Crippen LogP contribution in [-0.2, 0) is 4.79 Å². The van der Waals surface area contributed by atoms with E-state index in [4.69, 9.17) is 11.0 Å². The van der Waals surface area contributed by atoms with Crippen molar-refractivity contribution in [3.05, 3.63) is 65.4 Å². The molecule has 3 aromatic rings. The number of ketones is 1. The van der Waals surface area contributed by atoms with Crippen LogP contribution in [0, 0.1) is 18.3 Å². The number of fused-ring (bicyclic) bond motifs is 1. The third-order valence-corrected chi connectivity index (χ3v) is 4.85. The second-order valence-corrected chi connectivity index (χ2v) is 6.88. The largest absolute Gasteiger partial charge is 0.401 e. The Morgan fingerprint density at radius 1 is 1.27 bits per heavy atom. The Bertz CT molecular complexity index is 1060. The van der Waals surface area contributed by atoms with Crippen molar-refractivity contribution in [2.75, 3.05) is 5.75 Å². The maximum Gasteiger partial charge on any atom is 0.185 e. The summed E-state index contributed by atoms with van der Waals surface area (Å²) in [4.78, 5) is 17.0. The Labute approximate surface area is 156 Å². The number of aromatic nitrogens is 2. The van der Waals surface area contributed by atoms with Gasteiger partial charge in [-0.25, -0.2) is 4.98 Å². The van der Waals surface area contributed by atoms with Crippen molar-refractivity contribution in [3.8, 4) is 11.8 Å². The van der Waals surface area contributed by atoms with E-state index in [0.717, 1.165) is 22.3 Å². The number of nitrogens with two attached hydrogens (primary N) is 1. The molecule has 2 aromatic carbocycles. The first-order valence-corrected chi connectivity index (χ1v) is 9.07. The first kappa shape index (κ1) is 17.8. The van der Waals surface area contributed by atoms with Crippen molar-refractivity contribution in [3.63, 3.8) is 0 Å². The number of aryl methyl sites for hydroxylation is 1. The van der Waals surface area contributed by atoms with Crippen LogP contribution in [0.2, 0.25) is 0 Å². The summed E-state index contributed by atoms with van der Waals surface area (Å²) >= 11 is 1.30. The number of rotatable bonds is 5. The molecule has 2 N–H and O–H groups in total. The lowest BCUT2D eigenvalue weighted by Crippen LogP contribution is -2.10. The van der Waals surface area contributed by atoms with Gasteiger partial charge in [-0.15, -0.1) is 0 Å². The lowest BCUT2D eigenvalue weighted by Gasteiger charge is -2.09. The molecule has 0 atom stereocenters. The summed E-state index contributed by atoms with van der Waals surface area (Å²) in [6.07, 6.45) is 0. The molecule has 0 saturated carbocycles. The number of imidazole rings is 1. The van der Waals surface area contributed by atoms with E-state index >= 15 is 0 Å². The number of hydrogen-bond donors (Lipinski definition) is 1. The van der Waals surface area contributed by atoms with Gasteiger partial charge in [0.05, 0.1) is 16.8 Å². The number of allylic oxidation sites excluding steroid dienone is 2. The first-order valence-electron chi connectivity index (χ1n) is 8.08. The molecule has 0 aliphatic rings. The normalized spacial score (nSPS) is 11.9. The minimum atomic E-state index is -0.291. The van der Waals surface area contributed by atoms with Gasteiger partial charge in [-0.1, -0.05) is 36.0 Å². The van der Waals surface area contributed by atoms with Crippen LogP contribution < -0.4 is 5.73 Å². The Kier molecular flexibility index (Phi) is 5.10. The van der Waals surface area contributed by atoms with Crippen LogP contribution in [0.4, 0.5) is 0 Å². The molecule has 0 radical (unpaired) electrons. The highest BCUT2D eigenvalue weighted by atomic mass is 32.2. The number of hydrogen-bond acceptors (Lipinski definition) is 5. The standard InChI is InChI=1S/C20H18N4OS/c1-13-6-5-7-15(10-13)24-18-9-4-3-8-17(18)23-20(24)26-12-19(25)16(11-21)14(2)22/h3-10H,12,22H2,1-2H3/b16-14-. The number of para-hydroxylation sites is 2. The van der Waals surface area contributed by atoms with Gasteiger partial charge in [0.1, 0.15) is 11.6 Å². The molecule has 0 spiro atoms. The highest BCUT2D eigenvalue weighted by Crippen LogP contribution is 2.28. The molecule has 1 heterocycles. The maximum atomic E-state index is 12.3. The predicted octanol–water partition coefficient (Wildman–Crippen LogP) is 3.75. The number of nitrogens with zero attached hydrogens (tertiary/aromatic N) is 3. The third-order valence-electron chi connectivity index (χ3n) is 3.91. The summed E-state index contributed by atoms with van der Waals surface area (Å²) < 4.78 is 2.03. The second-order valence-electron chi connectivity index (χ2n) is 5.94. The summed E-state index contributed by atoms with van der Waals surface area (Å²) in [5.74, 6) is -0.188. The molecular weight excluding hydrogens is 344 g/mol.